The minimum Gasteiger partial charge on any atom is -0.493 e. The molecule has 0 unspecified atom stereocenters. The number of carbonyl (C=O) groups is 1. The Morgan fingerprint density at radius 3 is 2.67 bits per heavy atom. The van der Waals surface area contributed by atoms with Gasteiger partial charge in [-0.3, -0.25) is 4.79 Å². The number of amides is 1. The molecule has 140 valence electrons. The number of carbonyl (C=O) groups excluding carboxylic acids is 1. The van der Waals surface area contributed by atoms with Crippen molar-refractivity contribution in [2.75, 3.05) is 19.1 Å². The first-order valence-electron chi connectivity index (χ1n) is 8.45. The van der Waals surface area contributed by atoms with Crippen molar-refractivity contribution in [1.29, 1.82) is 0 Å². The maximum absolute atomic E-state index is 12.4. The number of ether oxygens (including phenoxy) is 2. The van der Waals surface area contributed by atoms with Crippen molar-refractivity contribution in [3.05, 3.63) is 52.5 Å². The van der Waals surface area contributed by atoms with Gasteiger partial charge in [0.15, 0.2) is 17.2 Å². The van der Waals surface area contributed by atoms with E-state index in [2.05, 4.69) is 10.2 Å². The molecular formula is C20H20ClN3O3. The molecule has 0 spiro atoms. The van der Waals surface area contributed by atoms with Gasteiger partial charge in [-0.1, -0.05) is 29.8 Å². The van der Waals surface area contributed by atoms with Gasteiger partial charge >= 0.3 is 0 Å². The number of hydrogen-bond donors (Lipinski definition) is 0. The van der Waals surface area contributed by atoms with Crippen LogP contribution < -0.4 is 14.4 Å². The monoisotopic (exact) mass is 385 g/mol. The summed E-state index contributed by atoms with van der Waals surface area (Å²) in [5, 5.41) is 8.62. The zero-order valence-corrected chi connectivity index (χ0v) is 16.3. The van der Waals surface area contributed by atoms with Gasteiger partial charge in [-0.2, -0.15) is 5.10 Å². The van der Waals surface area contributed by atoms with E-state index in [-0.39, 0.29) is 12.0 Å². The summed E-state index contributed by atoms with van der Waals surface area (Å²) in [6, 6.07) is 10.9. The summed E-state index contributed by atoms with van der Waals surface area (Å²) in [5.41, 5.74) is 2.57. The first-order chi connectivity index (χ1) is 12.9. The predicted molar refractivity (Wildman–Crippen MR) is 108 cm³/mol. The molecule has 0 aromatic heterocycles. The third-order valence-electron chi connectivity index (χ3n) is 4.00. The second-order valence-electron chi connectivity index (χ2n) is 6.28. The van der Waals surface area contributed by atoms with Gasteiger partial charge in [-0.05, 0) is 32.0 Å². The smallest absolute Gasteiger partial charge is 0.279 e. The van der Waals surface area contributed by atoms with Crippen LogP contribution in [0, 0.1) is 0 Å². The molecule has 6 nitrogen and oxygen atoms in total. The number of methoxy groups -OCH3 is 1. The van der Waals surface area contributed by atoms with Crippen LogP contribution in [-0.4, -0.2) is 38.1 Å². The van der Waals surface area contributed by atoms with Gasteiger partial charge in [0.05, 0.1) is 30.1 Å². The van der Waals surface area contributed by atoms with Crippen LogP contribution in [0.4, 0.5) is 5.69 Å². The van der Waals surface area contributed by atoms with Crippen molar-refractivity contribution in [1.82, 2.24) is 0 Å². The number of anilines is 1. The topological polar surface area (TPSA) is 63.5 Å². The molecule has 0 aliphatic carbocycles. The maximum Gasteiger partial charge on any atom is 0.279 e. The van der Waals surface area contributed by atoms with E-state index in [1.54, 1.807) is 31.2 Å². The average Bonchev–Trinajstić information content (AvgIpc) is 2.88. The lowest BCUT2D eigenvalue weighted by atomic mass is 10.1. The number of para-hydroxylation sites is 1. The van der Waals surface area contributed by atoms with Crippen molar-refractivity contribution >= 4 is 35.1 Å². The lowest BCUT2D eigenvalue weighted by Crippen LogP contribution is -2.25. The Bertz CT molecular complexity index is 938. The molecular weight excluding hydrogens is 366 g/mol. The van der Waals surface area contributed by atoms with Crippen LogP contribution in [0.2, 0.25) is 5.02 Å². The predicted octanol–water partition coefficient (Wildman–Crippen LogP) is 3.94. The maximum atomic E-state index is 12.4. The van der Waals surface area contributed by atoms with E-state index in [9.17, 15) is 4.79 Å². The van der Waals surface area contributed by atoms with Crippen molar-refractivity contribution in [3.63, 3.8) is 0 Å². The Labute approximate surface area is 163 Å². The van der Waals surface area contributed by atoms with E-state index in [1.165, 1.54) is 6.21 Å². The number of rotatable bonds is 5. The molecule has 2 aromatic rings. The van der Waals surface area contributed by atoms with Gasteiger partial charge in [0, 0.05) is 18.2 Å². The standard InChI is InChI=1S/C20H20ClN3O3/c1-12(2)27-19-15(21)9-13(10-17(19)26-4)11-22-23-18-14-7-5-6-8-16(14)24(3)20(18)25/h5-12H,1-4H3/b22-11-,23-18-. The third-order valence-corrected chi connectivity index (χ3v) is 4.28. The molecule has 0 bridgehead atoms. The van der Waals surface area contributed by atoms with Gasteiger partial charge in [0.1, 0.15) is 0 Å². The SMILES string of the molecule is COc1cc(/C=N\N=C2/C(=O)N(C)c3ccccc32)cc(Cl)c1OC(C)C. The Morgan fingerprint density at radius 2 is 1.96 bits per heavy atom. The molecule has 0 radical (unpaired) electrons. The highest BCUT2D eigenvalue weighted by molar-refractivity contribution is 6.54. The molecule has 3 rings (SSSR count). The van der Waals surface area contributed by atoms with Crippen molar-refractivity contribution in [2.24, 2.45) is 10.2 Å². The summed E-state index contributed by atoms with van der Waals surface area (Å²) >= 11 is 6.31. The first-order valence-corrected chi connectivity index (χ1v) is 8.82. The molecule has 27 heavy (non-hydrogen) atoms. The number of likely N-dealkylation sites (N-methyl/N-ethyl adjacent to an activating group) is 1. The summed E-state index contributed by atoms with van der Waals surface area (Å²) in [6.45, 7) is 3.82. The normalized spacial score (nSPS) is 15.1. The van der Waals surface area contributed by atoms with Crippen LogP contribution in [0.3, 0.4) is 0 Å². The van der Waals surface area contributed by atoms with Gasteiger partial charge in [-0.15, -0.1) is 5.10 Å². The van der Waals surface area contributed by atoms with Gasteiger partial charge in [0.25, 0.3) is 5.91 Å². The Hall–Kier alpha value is -2.86. The highest BCUT2D eigenvalue weighted by Crippen LogP contribution is 2.36. The molecule has 1 heterocycles. The average molecular weight is 386 g/mol. The fourth-order valence-electron chi connectivity index (χ4n) is 2.76. The number of fused-ring (bicyclic) bond motifs is 1. The lowest BCUT2D eigenvalue weighted by Gasteiger charge is -2.15. The largest absolute Gasteiger partial charge is 0.493 e. The highest BCUT2D eigenvalue weighted by atomic mass is 35.5. The first kappa shape index (κ1) is 18.9. The van der Waals surface area contributed by atoms with E-state index in [0.717, 1.165) is 11.3 Å². The van der Waals surface area contributed by atoms with E-state index in [1.807, 2.05) is 38.1 Å². The van der Waals surface area contributed by atoms with Crippen molar-refractivity contribution < 1.29 is 14.3 Å². The minimum absolute atomic E-state index is 0.0345. The zero-order chi connectivity index (χ0) is 19.6. The van der Waals surface area contributed by atoms with Crippen LogP contribution >= 0.6 is 11.6 Å². The molecule has 1 amide bonds. The van der Waals surface area contributed by atoms with Crippen LogP contribution in [0.25, 0.3) is 0 Å². The molecule has 0 atom stereocenters. The molecule has 2 aromatic carbocycles. The second kappa shape index (κ2) is 7.80. The van der Waals surface area contributed by atoms with Crippen LogP contribution in [0.1, 0.15) is 25.0 Å². The zero-order valence-electron chi connectivity index (χ0n) is 15.6. The van der Waals surface area contributed by atoms with Crippen LogP contribution in [-0.2, 0) is 4.79 Å². The summed E-state index contributed by atoms with van der Waals surface area (Å²) in [4.78, 5) is 13.9. The molecule has 0 fully saturated rings. The Kier molecular flexibility index (Phi) is 5.46. The van der Waals surface area contributed by atoms with Gasteiger partial charge < -0.3 is 14.4 Å². The summed E-state index contributed by atoms with van der Waals surface area (Å²) in [6.07, 6.45) is 1.49. The number of nitrogens with zero attached hydrogens (tertiary/aromatic N) is 3. The molecule has 0 saturated carbocycles. The minimum atomic E-state index is -0.190. The molecule has 7 heteroatoms. The van der Waals surface area contributed by atoms with Gasteiger partial charge in [0.2, 0.25) is 0 Å². The molecule has 0 N–H and O–H groups in total. The molecule has 1 aliphatic rings. The summed E-state index contributed by atoms with van der Waals surface area (Å²) in [7, 11) is 3.26. The molecule has 1 aliphatic heterocycles. The van der Waals surface area contributed by atoms with Crippen molar-refractivity contribution in [2.45, 2.75) is 20.0 Å². The van der Waals surface area contributed by atoms with Crippen LogP contribution in [0.5, 0.6) is 11.5 Å². The summed E-state index contributed by atoms with van der Waals surface area (Å²) in [5.74, 6) is 0.802. The highest BCUT2D eigenvalue weighted by Gasteiger charge is 2.31. The van der Waals surface area contributed by atoms with E-state index < -0.39 is 0 Å². The molecule has 0 saturated heterocycles. The van der Waals surface area contributed by atoms with E-state index in [0.29, 0.717) is 27.8 Å². The Morgan fingerprint density at radius 1 is 1.22 bits per heavy atom. The quantitative estimate of drug-likeness (QED) is 0.578. The fourth-order valence-corrected chi connectivity index (χ4v) is 3.03. The Balaban J connectivity index is 1.90. The fraction of sp³-hybridized carbons (Fsp3) is 0.250. The summed E-state index contributed by atoms with van der Waals surface area (Å²) < 4.78 is 11.1. The lowest BCUT2D eigenvalue weighted by molar-refractivity contribution is -0.111. The number of hydrogen-bond acceptors (Lipinski definition) is 5. The number of benzene rings is 2. The van der Waals surface area contributed by atoms with E-state index >= 15 is 0 Å². The van der Waals surface area contributed by atoms with E-state index in [4.69, 9.17) is 21.1 Å². The third kappa shape index (κ3) is 3.80. The van der Waals surface area contributed by atoms with Gasteiger partial charge in [-0.25, -0.2) is 0 Å². The second-order valence-corrected chi connectivity index (χ2v) is 6.68. The van der Waals surface area contributed by atoms with Crippen molar-refractivity contribution in [3.8, 4) is 11.5 Å². The number of halogens is 1. The van der Waals surface area contributed by atoms with Crippen LogP contribution in [0.15, 0.2) is 46.6 Å².